The van der Waals surface area contributed by atoms with Crippen molar-refractivity contribution in [3.63, 3.8) is 0 Å². The topological polar surface area (TPSA) is 20.2 Å². The van der Waals surface area contributed by atoms with E-state index < -0.39 is 0 Å². The van der Waals surface area contributed by atoms with Crippen LogP contribution < -0.4 is 0 Å². The lowest BCUT2D eigenvalue weighted by Crippen LogP contribution is -2.34. The maximum atomic E-state index is 10.5. The zero-order valence-corrected chi connectivity index (χ0v) is 18.4. The number of fused-ring (bicyclic) bond motifs is 1. The van der Waals surface area contributed by atoms with E-state index in [2.05, 4.69) is 46.8 Å². The van der Waals surface area contributed by atoms with E-state index in [9.17, 15) is 5.11 Å². The van der Waals surface area contributed by atoms with Crippen LogP contribution in [0.1, 0.15) is 94.4 Å². The minimum Gasteiger partial charge on any atom is -0.393 e. The minimum atomic E-state index is -0.171. The molecule has 0 saturated carbocycles. The largest absolute Gasteiger partial charge is 0.393 e. The predicted molar refractivity (Wildman–Crippen MR) is 114 cm³/mol. The van der Waals surface area contributed by atoms with Crippen LogP contribution in [0.3, 0.4) is 0 Å². The molecule has 146 valence electrons. The quantitative estimate of drug-likeness (QED) is 0.560. The summed E-state index contributed by atoms with van der Waals surface area (Å²) in [7, 11) is 0. The van der Waals surface area contributed by atoms with Gasteiger partial charge in [0.05, 0.1) is 6.10 Å². The highest BCUT2D eigenvalue weighted by Crippen LogP contribution is 2.44. The van der Waals surface area contributed by atoms with Gasteiger partial charge in [-0.15, -0.1) is 0 Å². The predicted octanol–water partition coefficient (Wildman–Crippen LogP) is 7.47. The maximum absolute atomic E-state index is 10.5. The molecule has 4 atom stereocenters. The summed E-state index contributed by atoms with van der Waals surface area (Å²) >= 11 is 0. The zero-order valence-electron chi connectivity index (χ0n) is 18.4. The third-order valence-electron chi connectivity index (χ3n) is 5.58. The van der Waals surface area contributed by atoms with Gasteiger partial charge in [0.2, 0.25) is 0 Å². The van der Waals surface area contributed by atoms with E-state index in [1.807, 2.05) is 27.7 Å². The molecule has 0 aromatic carbocycles. The standard InChI is InChI=1S/C20H32O.2C2H6/c1-6-7-8-18-14(3)12-17-11-13(2)9-10-19(21)16(5)20(17)15(18)4;2*1-2/h11-12,15-16,19-21H,6-10H2,1-5H3;2*1-2H3/b13-11-;;. The molecule has 0 aromatic heterocycles. The Hall–Kier alpha value is -0.820. The van der Waals surface area contributed by atoms with Crippen LogP contribution in [0.2, 0.25) is 0 Å². The first kappa shape index (κ1) is 24.2. The van der Waals surface area contributed by atoms with Gasteiger partial charge in [0.15, 0.2) is 0 Å². The molecule has 25 heavy (non-hydrogen) atoms. The van der Waals surface area contributed by atoms with Crippen LogP contribution in [0.25, 0.3) is 0 Å². The summed E-state index contributed by atoms with van der Waals surface area (Å²) in [5.74, 6) is 1.38. The summed E-state index contributed by atoms with van der Waals surface area (Å²) in [6.45, 7) is 19.4. The first-order valence-electron chi connectivity index (χ1n) is 10.7. The van der Waals surface area contributed by atoms with Gasteiger partial charge >= 0.3 is 0 Å². The fraction of sp³-hybridized carbons (Fsp3) is 0.750. The van der Waals surface area contributed by atoms with Crippen LogP contribution in [0.15, 0.2) is 34.4 Å². The molecule has 4 unspecified atom stereocenters. The smallest absolute Gasteiger partial charge is 0.0574 e. The van der Waals surface area contributed by atoms with E-state index in [-0.39, 0.29) is 6.10 Å². The van der Waals surface area contributed by atoms with E-state index in [1.165, 1.54) is 36.0 Å². The van der Waals surface area contributed by atoms with Gasteiger partial charge in [-0.2, -0.15) is 0 Å². The number of aliphatic hydroxyl groups excluding tert-OH is 1. The first-order valence-corrected chi connectivity index (χ1v) is 10.7. The summed E-state index contributed by atoms with van der Waals surface area (Å²) in [6, 6.07) is 0. The number of hydrogen-bond donors (Lipinski definition) is 1. The molecular weight excluding hydrogens is 304 g/mol. The van der Waals surface area contributed by atoms with Crippen molar-refractivity contribution in [3.8, 4) is 0 Å². The molecule has 2 aliphatic carbocycles. The van der Waals surface area contributed by atoms with Crippen molar-refractivity contribution in [2.24, 2.45) is 17.8 Å². The Balaban J connectivity index is 0.00000134. The fourth-order valence-electron chi connectivity index (χ4n) is 4.23. The highest BCUT2D eigenvalue weighted by Gasteiger charge is 2.35. The summed E-state index contributed by atoms with van der Waals surface area (Å²) < 4.78 is 0. The normalized spacial score (nSPS) is 31.0. The molecule has 2 rings (SSSR count). The average molecular weight is 349 g/mol. The number of aliphatic hydroxyl groups is 1. The Morgan fingerprint density at radius 2 is 1.64 bits per heavy atom. The molecule has 1 heteroatoms. The maximum Gasteiger partial charge on any atom is 0.0574 e. The Bertz CT molecular complexity index is 466. The Morgan fingerprint density at radius 3 is 2.20 bits per heavy atom. The van der Waals surface area contributed by atoms with Crippen LogP contribution in [0.4, 0.5) is 0 Å². The highest BCUT2D eigenvalue weighted by atomic mass is 16.3. The molecule has 2 aliphatic rings. The van der Waals surface area contributed by atoms with Crippen LogP contribution >= 0.6 is 0 Å². The number of rotatable bonds is 3. The second-order valence-corrected chi connectivity index (χ2v) is 7.23. The Labute approximate surface area is 158 Å². The molecule has 0 amide bonds. The second-order valence-electron chi connectivity index (χ2n) is 7.23. The first-order chi connectivity index (χ1) is 12.0. The fourth-order valence-corrected chi connectivity index (χ4v) is 4.23. The van der Waals surface area contributed by atoms with Crippen molar-refractivity contribution in [1.29, 1.82) is 0 Å². The van der Waals surface area contributed by atoms with Gasteiger partial charge in [-0.05, 0) is 62.9 Å². The van der Waals surface area contributed by atoms with E-state index in [1.54, 1.807) is 5.57 Å². The van der Waals surface area contributed by atoms with E-state index in [0.29, 0.717) is 17.8 Å². The molecule has 1 N–H and O–H groups in total. The van der Waals surface area contributed by atoms with Crippen molar-refractivity contribution in [2.45, 2.75) is 101 Å². The van der Waals surface area contributed by atoms with Gasteiger partial charge in [-0.1, -0.05) is 83.8 Å². The Morgan fingerprint density at radius 1 is 1.04 bits per heavy atom. The molecule has 0 fully saturated rings. The molecular formula is C24H44O. The number of allylic oxidation sites excluding steroid dienone is 6. The Kier molecular flexibility index (Phi) is 12.1. The minimum absolute atomic E-state index is 0.171. The molecule has 0 radical (unpaired) electrons. The molecule has 0 bridgehead atoms. The van der Waals surface area contributed by atoms with Crippen LogP contribution in [0, 0.1) is 17.8 Å². The molecule has 0 aromatic rings. The monoisotopic (exact) mass is 348 g/mol. The second kappa shape index (κ2) is 12.5. The van der Waals surface area contributed by atoms with Gasteiger partial charge in [-0.3, -0.25) is 0 Å². The third-order valence-corrected chi connectivity index (χ3v) is 5.58. The van der Waals surface area contributed by atoms with E-state index >= 15 is 0 Å². The number of hydrogen-bond acceptors (Lipinski definition) is 1. The summed E-state index contributed by atoms with van der Waals surface area (Å²) in [5.41, 5.74) is 5.95. The van der Waals surface area contributed by atoms with Crippen molar-refractivity contribution < 1.29 is 5.11 Å². The average Bonchev–Trinajstić information content (AvgIpc) is 2.61. The van der Waals surface area contributed by atoms with E-state index in [4.69, 9.17) is 0 Å². The lowest BCUT2D eigenvalue weighted by molar-refractivity contribution is 0.0717. The summed E-state index contributed by atoms with van der Waals surface area (Å²) in [6.07, 6.45) is 10.3. The molecule has 0 heterocycles. The van der Waals surface area contributed by atoms with E-state index in [0.717, 1.165) is 12.8 Å². The van der Waals surface area contributed by atoms with Crippen molar-refractivity contribution in [2.75, 3.05) is 0 Å². The molecule has 0 spiro atoms. The van der Waals surface area contributed by atoms with Gasteiger partial charge in [-0.25, -0.2) is 0 Å². The van der Waals surface area contributed by atoms with Gasteiger partial charge in [0, 0.05) is 0 Å². The summed E-state index contributed by atoms with van der Waals surface area (Å²) in [5, 5.41) is 10.5. The lowest BCUT2D eigenvalue weighted by Gasteiger charge is -2.40. The van der Waals surface area contributed by atoms with Crippen LogP contribution in [0.5, 0.6) is 0 Å². The van der Waals surface area contributed by atoms with Gasteiger partial charge in [0.1, 0.15) is 0 Å². The summed E-state index contributed by atoms with van der Waals surface area (Å²) in [4.78, 5) is 0. The third kappa shape index (κ3) is 6.44. The van der Waals surface area contributed by atoms with Gasteiger partial charge in [0.25, 0.3) is 0 Å². The van der Waals surface area contributed by atoms with Crippen molar-refractivity contribution >= 4 is 0 Å². The highest BCUT2D eigenvalue weighted by molar-refractivity contribution is 5.42. The van der Waals surface area contributed by atoms with Gasteiger partial charge < -0.3 is 5.11 Å². The molecule has 0 saturated heterocycles. The van der Waals surface area contributed by atoms with Crippen molar-refractivity contribution in [1.82, 2.24) is 0 Å². The SMILES string of the molecule is CC.CC.CCCCC1=C(C)C=C2/C=C(/C)CCC(O)C(C)C2C1C. The zero-order chi connectivity index (χ0) is 19.6. The number of unbranched alkanes of at least 4 members (excludes halogenated alkanes) is 1. The van der Waals surface area contributed by atoms with Crippen LogP contribution in [-0.2, 0) is 0 Å². The molecule has 1 nitrogen and oxygen atoms in total. The molecule has 0 aliphatic heterocycles. The lowest BCUT2D eigenvalue weighted by atomic mass is 9.66. The van der Waals surface area contributed by atoms with Crippen molar-refractivity contribution in [3.05, 3.63) is 34.4 Å². The van der Waals surface area contributed by atoms with Crippen LogP contribution in [-0.4, -0.2) is 11.2 Å².